The van der Waals surface area contributed by atoms with Gasteiger partial charge in [0.25, 0.3) is 0 Å². The van der Waals surface area contributed by atoms with E-state index in [0.717, 1.165) is 32.0 Å². The van der Waals surface area contributed by atoms with Gasteiger partial charge in [-0.2, -0.15) is 0 Å². The zero-order valence-corrected chi connectivity index (χ0v) is 13.1. The highest BCUT2D eigenvalue weighted by Crippen LogP contribution is 2.19. The van der Waals surface area contributed by atoms with Crippen molar-refractivity contribution in [1.82, 2.24) is 10.3 Å². The van der Waals surface area contributed by atoms with Crippen LogP contribution in [0.5, 0.6) is 0 Å². The zero-order valence-electron chi connectivity index (χ0n) is 13.1. The summed E-state index contributed by atoms with van der Waals surface area (Å²) >= 11 is 0. The van der Waals surface area contributed by atoms with Gasteiger partial charge in [-0.1, -0.05) is 13.8 Å². The van der Waals surface area contributed by atoms with Crippen molar-refractivity contribution >= 4 is 5.82 Å². The average Bonchev–Trinajstić information content (AvgIpc) is 2.37. The standard InChI is InChI=1S/C16H27N3O/c1-12(2)8-17-9-15-5-6-18-16(7-15)19-10-13(3)20-14(4)11-19/h5-7,12-14,17H,8-11H2,1-4H3/t13-,14+. The third-order valence-electron chi connectivity index (χ3n) is 3.44. The fourth-order valence-corrected chi connectivity index (χ4v) is 2.61. The van der Waals surface area contributed by atoms with Gasteiger partial charge in [0.05, 0.1) is 12.2 Å². The average molecular weight is 277 g/mol. The van der Waals surface area contributed by atoms with Crippen molar-refractivity contribution in [3.63, 3.8) is 0 Å². The molecule has 0 aromatic carbocycles. The van der Waals surface area contributed by atoms with Crippen LogP contribution in [0.25, 0.3) is 0 Å². The van der Waals surface area contributed by atoms with E-state index in [9.17, 15) is 0 Å². The predicted octanol–water partition coefficient (Wildman–Crippen LogP) is 2.44. The molecule has 2 atom stereocenters. The number of hydrogen-bond acceptors (Lipinski definition) is 4. The van der Waals surface area contributed by atoms with Crippen LogP contribution < -0.4 is 10.2 Å². The van der Waals surface area contributed by atoms with Gasteiger partial charge >= 0.3 is 0 Å². The number of rotatable bonds is 5. The van der Waals surface area contributed by atoms with Gasteiger partial charge in [0, 0.05) is 25.8 Å². The molecule has 2 rings (SSSR count). The normalized spacial score (nSPS) is 23.4. The van der Waals surface area contributed by atoms with Crippen LogP contribution in [0.4, 0.5) is 5.82 Å². The van der Waals surface area contributed by atoms with Crippen molar-refractivity contribution in [2.24, 2.45) is 5.92 Å². The maximum absolute atomic E-state index is 5.78. The molecule has 1 aromatic heterocycles. The second-order valence-corrected chi connectivity index (χ2v) is 6.21. The van der Waals surface area contributed by atoms with Gasteiger partial charge in [-0.05, 0) is 44.0 Å². The number of anilines is 1. The molecular formula is C16H27N3O. The lowest BCUT2D eigenvalue weighted by molar-refractivity contribution is -0.00546. The van der Waals surface area contributed by atoms with E-state index in [-0.39, 0.29) is 12.2 Å². The summed E-state index contributed by atoms with van der Waals surface area (Å²) in [5, 5.41) is 3.48. The summed E-state index contributed by atoms with van der Waals surface area (Å²) in [5.41, 5.74) is 1.29. The molecule has 4 nitrogen and oxygen atoms in total. The molecule has 0 unspecified atom stereocenters. The first-order chi connectivity index (χ1) is 9.54. The maximum atomic E-state index is 5.78. The molecule has 112 valence electrons. The van der Waals surface area contributed by atoms with Crippen LogP contribution in [0, 0.1) is 5.92 Å². The zero-order chi connectivity index (χ0) is 14.5. The molecule has 2 heterocycles. The highest BCUT2D eigenvalue weighted by Gasteiger charge is 2.23. The van der Waals surface area contributed by atoms with E-state index in [0.29, 0.717) is 5.92 Å². The molecule has 0 bridgehead atoms. The van der Waals surface area contributed by atoms with Crippen LogP contribution in [-0.4, -0.2) is 36.8 Å². The molecule has 1 N–H and O–H groups in total. The SMILES string of the molecule is CC(C)CNCc1ccnc(N2C[C@@H](C)O[C@@H](C)C2)c1. The molecule has 0 aliphatic carbocycles. The van der Waals surface area contributed by atoms with Crippen LogP contribution in [0.3, 0.4) is 0 Å². The summed E-state index contributed by atoms with van der Waals surface area (Å²) in [7, 11) is 0. The lowest BCUT2D eigenvalue weighted by Crippen LogP contribution is -2.45. The van der Waals surface area contributed by atoms with Gasteiger partial charge in [-0.3, -0.25) is 0 Å². The molecule has 20 heavy (non-hydrogen) atoms. The van der Waals surface area contributed by atoms with Crippen molar-refractivity contribution < 1.29 is 4.74 Å². The number of morpholine rings is 1. The fourth-order valence-electron chi connectivity index (χ4n) is 2.61. The summed E-state index contributed by atoms with van der Waals surface area (Å²) in [5.74, 6) is 1.74. The maximum Gasteiger partial charge on any atom is 0.128 e. The molecule has 1 fully saturated rings. The summed E-state index contributed by atoms with van der Waals surface area (Å²) in [6.45, 7) is 12.5. The molecule has 1 aliphatic heterocycles. The molecule has 4 heteroatoms. The summed E-state index contributed by atoms with van der Waals surface area (Å²) in [6, 6.07) is 4.28. The topological polar surface area (TPSA) is 37.4 Å². The van der Waals surface area contributed by atoms with E-state index < -0.39 is 0 Å². The Kier molecular flexibility index (Phi) is 5.38. The molecule has 0 amide bonds. The summed E-state index contributed by atoms with van der Waals surface area (Å²) in [6.07, 6.45) is 2.44. The Hall–Kier alpha value is -1.13. The highest BCUT2D eigenvalue weighted by molar-refractivity contribution is 5.41. The molecule has 1 aliphatic rings. The Balaban J connectivity index is 1.98. The minimum Gasteiger partial charge on any atom is -0.372 e. The first kappa shape index (κ1) is 15.3. The van der Waals surface area contributed by atoms with Crippen LogP contribution >= 0.6 is 0 Å². The Morgan fingerprint density at radius 3 is 2.70 bits per heavy atom. The van der Waals surface area contributed by atoms with Crippen molar-refractivity contribution in [2.45, 2.75) is 46.4 Å². The quantitative estimate of drug-likeness (QED) is 0.897. The molecule has 1 aromatic rings. The van der Waals surface area contributed by atoms with E-state index in [4.69, 9.17) is 4.74 Å². The van der Waals surface area contributed by atoms with E-state index in [1.807, 2.05) is 6.20 Å². The molecule has 0 saturated carbocycles. The Labute approximate surface area is 122 Å². The third kappa shape index (κ3) is 4.46. The van der Waals surface area contributed by atoms with Gasteiger partial charge in [-0.25, -0.2) is 4.98 Å². The Morgan fingerprint density at radius 1 is 1.35 bits per heavy atom. The van der Waals surface area contributed by atoms with Crippen molar-refractivity contribution in [2.75, 3.05) is 24.5 Å². The smallest absolute Gasteiger partial charge is 0.128 e. The first-order valence-electron chi connectivity index (χ1n) is 7.60. The van der Waals surface area contributed by atoms with Crippen LogP contribution in [0.15, 0.2) is 18.3 Å². The van der Waals surface area contributed by atoms with Gasteiger partial charge in [0.1, 0.15) is 5.82 Å². The second kappa shape index (κ2) is 7.04. The monoisotopic (exact) mass is 277 g/mol. The van der Waals surface area contributed by atoms with Gasteiger partial charge < -0.3 is 15.0 Å². The number of hydrogen-bond donors (Lipinski definition) is 1. The van der Waals surface area contributed by atoms with Crippen molar-refractivity contribution in [3.8, 4) is 0 Å². The lowest BCUT2D eigenvalue weighted by Gasteiger charge is -2.36. The Bertz CT molecular complexity index is 412. The molecule has 1 saturated heterocycles. The summed E-state index contributed by atoms with van der Waals surface area (Å²) in [4.78, 5) is 6.84. The minimum atomic E-state index is 0.267. The van der Waals surface area contributed by atoms with Gasteiger partial charge in [0.15, 0.2) is 0 Å². The number of ether oxygens (including phenoxy) is 1. The summed E-state index contributed by atoms with van der Waals surface area (Å²) < 4.78 is 5.78. The Morgan fingerprint density at radius 2 is 2.05 bits per heavy atom. The van der Waals surface area contributed by atoms with Crippen LogP contribution in [0.1, 0.15) is 33.3 Å². The molecule has 0 spiro atoms. The van der Waals surface area contributed by atoms with Gasteiger partial charge in [-0.15, -0.1) is 0 Å². The number of nitrogens with one attached hydrogen (secondary N) is 1. The van der Waals surface area contributed by atoms with Gasteiger partial charge in [0.2, 0.25) is 0 Å². The number of pyridine rings is 1. The number of aromatic nitrogens is 1. The second-order valence-electron chi connectivity index (χ2n) is 6.21. The van der Waals surface area contributed by atoms with Crippen molar-refractivity contribution in [1.29, 1.82) is 0 Å². The van der Waals surface area contributed by atoms with E-state index >= 15 is 0 Å². The minimum absolute atomic E-state index is 0.267. The van der Waals surface area contributed by atoms with Crippen LogP contribution in [0.2, 0.25) is 0 Å². The third-order valence-corrected chi connectivity index (χ3v) is 3.44. The van der Waals surface area contributed by atoms with E-state index in [1.165, 1.54) is 5.56 Å². The lowest BCUT2D eigenvalue weighted by atomic mass is 10.2. The fraction of sp³-hybridized carbons (Fsp3) is 0.688. The highest BCUT2D eigenvalue weighted by atomic mass is 16.5. The molecule has 0 radical (unpaired) electrons. The molecular weight excluding hydrogens is 250 g/mol. The largest absolute Gasteiger partial charge is 0.372 e. The van der Waals surface area contributed by atoms with Crippen molar-refractivity contribution in [3.05, 3.63) is 23.9 Å². The van der Waals surface area contributed by atoms with Crippen LogP contribution in [-0.2, 0) is 11.3 Å². The predicted molar refractivity (Wildman–Crippen MR) is 83.0 cm³/mol. The number of nitrogens with zero attached hydrogens (tertiary/aromatic N) is 2. The van der Waals surface area contributed by atoms with E-state index in [2.05, 4.69) is 55.0 Å². The van der Waals surface area contributed by atoms with E-state index in [1.54, 1.807) is 0 Å². The first-order valence-corrected chi connectivity index (χ1v) is 7.60.